The van der Waals surface area contributed by atoms with Gasteiger partial charge >= 0.3 is 0 Å². The minimum absolute atomic E-state index is 0.0496. The summed E-state index contributed by atoms with van der Waals surface area (Å²) in [6.45, 7) is 3.32. The third-order valence-corrected chi connectivity index (χ3v) is 6.06. The van der Waals surface area contributed by atoms with Gasteiger partial charge in [-0.05, 0) is 51.1 Å². The van der Waals surface area contributed by atoms with Crippen molar-refractivity contribution >= 4 is 21.6 Å². The fourth-order valence-electron chi connectivity index (χ4n) is 2.57. The van der Waals surface area contributed by atoms with Gasteiger partial charge in [0.2, 0.25) is 10.0 Å². The minimum Gasteiger partial charge on any atom is -0.326 e. The number of nitrogens with one attached hydrogen (secondary N) is 1. The summed E-state index contributed by atoms with van der Waals surface area (Å²) < 4.78 is 27.7. The van der Waals surface area contributed by atoms with Crippen LogP contribution in [0.15, 0.2) is 23.1 Å². The topological polar surface area (TPSA) is 75.4 Å². The van der Waals surface area contributed by atoms with Crippen LogP contribution in [0.3, 0.4) is 0 Å². The Balaban J connectivity index is 2.15. The lowest BCUT2D eigenvalue weighted by Gasteiger charge is -2.35. The highest BCUT2D eigenvalue weighted by Gasteiger charge is 2.28. The Morgan fingerprint density at radius 3 is 2.76 bits per heavy atom. The molecule has 0 saturated carbocycles. The lowest BCUT2D eigenvalue weighted by Crippen LogP contribution is -2.47. The number of piperidine rings is 1. The maximum atomic E-state index is 12.5. The van der Waals surface area contributed by atoms with Crippen LogP contribution >= 0.6 is 11.6 Å². The van der Waals surface area contributed by atoms with Gasteiger partial charge in [-0.2, -0.15) is 0 Å². The van der Waals surface area contributed by atoms with Crippen LogP contribution in [0.5, 0.6) is 0 Å². The van der Waals surface area contributed by atoms with Gasteiger partial charge in [-0.1, -0.05) is 17.7 Å². The van der Waals surface area contributed by atoms with Crippen molar-refractivity contribution in [3.05, 3.63) is 28.8 Å². The van der Waals surface area contributed by atoms with Gasteiger partial charge in [0, 0.05) is 18.6 Å². The largest absolute Gasteiger partial charge is 0.326 e. The molecule has 2 atom stereocenters. The summed E-state index contributed by atoms with van der Waals surface area (Å²) in [6, 6.07) is 5.13. The van der Waals surface area contributed by atoms with Gasteiger partial charge in [0.15, 0.2) is 0 Å². The Morgan fingerprint density at radius 1 is 1.48 bits per heavy atom. The van der Waals surface area contributed by atoms with Gasteiger partial charge in [-0.15, -0.1) is 0 Å². The van der Waals surface area contributed by atoms with E-state index in [0.717, 1.165) is 24.9 Å². The molecular weight excluding hydrogens is 310 g/mol. The van der Waals surface area contributed by atoms with Crippen molar-refractivity contribution in [3.8, 4) is 0 Å². The molecule has 3 N–H and O–H groups in total. The number of hydrogen-bond acceptors (Lipinski definition) is 4. The summed E-state index contributed by atoms with van der Waals surface area (Å²) in [4.78, 5) is 2.35. The summed E-state index contributed by atoms with van der Waals surface area (Å²) in [5, 5.41) is 0.214. The van der Waals surface area contributed by atoms with E-state index in [1.165, 1.54) is 6.07 Å². The Bertz CT molecular complexity index is 606. The van der Waals surface area contributed by atoms with E-state index < -0.39 is 10.0 Å². The fraction of sp³-hybridized carbons (Fsp3) is 0.571. The number of benzene rings is 1. The molecule has 1 aromatic carbocycles. The van der Waals surface area contributed by atoms with Gasteiger partial charge in [0.25, 0.3) is 0 Å². The predicted molar refractivity (Wildman–Crippen MR) is 84.8 cm³/mol. The van der Waals surface area contributed by atoms with E-state index in [4.69, 9.17) is 17.3 Å². The second kappa shape index (κ2) is 6.62. The van der Waals surface area contributed by atoms with Gasteiger partial charge in [0.1, 0.15) is 4.90 Å². The first-order chi connectivity index (χ1) is 9.83. The molecule has 0 spiro atoms. The summed E-state index contributed by atoms with van der Waals surface area (Å²) >= 11 is 6.08. The quantitative estimate of drug-likeness (QED) is 0.878. The summed E-state index contributed by atoms with van der Waals surface area (Å²) in [5.74, 6) is 0. The summed E-state index contributed by atoms with van der Waals surface area (Å²) in [6.07, 6.45) is 1.60. The van der Waals surface area contributed by atoms with Crippen LogP contribution in [-0.2, 0) is 16.6 Å². The van der Waals surface area contributed by atoms with Crippen molar-refractivity contribution in [2.45, 2.75) is 43.3 Å². The first-order valence-corrected chi connectivity index (χ1v) is 8.90. The maximum absolute atomic E-state index is 12.5. The third kappa shape index (κ3) is 3.96. The standard InChI is InChI=1S/C14H22ClN3O2S/c1-10-7-12(5-6-18(10)2)17-21(19,20)14-4-3-11(9-16)8-13(14)15/h3-4,8,10,12,17H,5-7,9,16H2,1-2H3. The second-order valence-electron chi connectivity index (χ2n) is 5.64. The highest BCUT2D eigenvalue weighted by atomic mass is 35.5. The molecule has 1 aliphatic rings. The Labute approximate surface area is 131 Å². The highest BCUT2D eigenvalue weighted by Crippen LogP contribution is 2.24. The molecule has 1 aromatic rings. The SMILES string of the molecule is CC1CC(NS(=O)(=O)c2ccc(CN)cc2Cl)CCN1C. The molecule has 1 aliphatic heterocycles. The Kier molecular flexibility index (Phi) is 5.27. The van der Waals surface area contributed by atoms with Crippen molar-refractivity contribution in [2.24, 2.45) is 5.73 Å². The van der Waals surface area contributed by atoms with Crippen molar-refractivity contribution in [1.29, 1.82) is 0 Å². The molecule has 2 unspecified atom stereocenters. The van der Waals surface area contributed by atoms with Gasteiger partial charge in [-0.25, -0.2) is 13.1 Å². The molecule has 118 valence electrons. The molecule has 2 rings (SSSR count). The van der Waals surface area contributed by atoms with Crippen molar-refractivity contribution in [1.82, 2.24) is 9.62 Å². The number of nitrogens with zero attached hydrogens (tertiary/aromatic N) is 1. The highest BCUT2D eigenvalue weighted by molar-refractivity contribution is 7.89. The van der Waals surface area contributed by atoms with E-state index >= 15 is 0 Å². The second-order valence-corrected chi connectivity index (χ2v) is 7.73. The van der Waals surface area contributed by atoms with Gasteiger partial charge < -0.3 is 10.6 Å². The molecule has 0 bridgehead atoms. The Hall–Kier alpha value is -0.660. The van der Waals surface area contributed by atoms with Crippen molar-refractivity contribution in [3.63, 3.8) is 0 Å². The smallest absolute Gasteiger partial charge is 0.242 e. The number of rotatable bonds is 4. The molecule has 1 fully saturated rings. The monoisotopic (exact) mass is 331 g/mol. The van der Waals surface area contributed by atoms with Crippen LogP contribution in [0.2, 0.25) is 5.02 Å². The zero-order valence-electron chi connectivity index (χ0n) is 12.3. The van der Waals surface area contributed by atoms with Crippen molar-refractivity contribution < 1.29 is 8.42 Å². The third-order valence-electron chi connectivity index (χ3n) is 4.05. The van der Waals surface area contributed by atoms with E-state index in [-0.39, 0.29) is 16.0 Å². The maximum Gasteiger partial charge on any atom is 0.242 e. The zero-order valence-corrected chi connectivity index (χ0v) is 13.9. The van der Waals surface area contributed by atoms with Crippen LogP contribution in [-0.4, -0.2) is 39.0 Å². The normalized spacial score (nSPS) is 24.2. The van der Waals surface area contributed by atoms with Gasteiger partial charge in [0.05, 0.1) is 5.02 Å². The van der Waals surface area contributed by atoms with Crippen LogP contribution in [0.4, 0.5) is 0 Å². The van der Waals surface area contributed by atoms with E-state index in [1.54, 1.807) is 12.1 Å². The van der Waals surface area contributed by atoms with E-state index in [1.807, 2.05) is 0 Å². The summed E-state index contributed by atoms with van der Waals surface area (Å²) in [5.41, 5.74) is 6.34. The van der Waals surface area contributed by atoms with Crippen LogP contribution in [0.1, 0.15) is 25.3 Å². The van der Waals surface area contributed by atoms with Crippen molar-refractivity contribution in [2.75, 3.05) is 13.6 Å². The van der Waals surface area contributed by atoms with E-state index in [2.05, 4.69) is 23.6 Å². The molecular formula is C14H22ClN3O2S. The van der Waals surface area contributed by atoms with Gasteiger partial charge in [-0.3, -0.25) is 0 Å². The molecule has 0 aliphatic carbocycles. The lowest BCUT2D eigenvalue weighted by atomic mass is 10.0. The number of nitrogens with two attached hydrogens (primary N) is 1. The number of likely N-dealkylation sites (tertiary alicyclic amines) is 1. The van der Waals surface area contributed by atoms with Crippen LogP contribution < -0.4 is 10.5 Å². The average Bonchev–Trinajstić information content (AvgIpc) is 2.42. The molecule has 1 saturated heterocycles. The average molecular weight is 332 g/mol. The van der Waals surface area contributed by atoms with Crippen LogP contribution in [0, 0.1) is 0 Å². The number of sulfonamides is 1. The van der Waals surface area contributed by atoms with E-state index in [9.17, 15) is 8.42 Å². The minimum atomic E-state index is -3.60. The molecule has 1 heterocycles. The molecule has 7 heteroatoms. The molecule has 0 amide bonds. The predicted octanol–water partition coefficient (Wildman–Crippen LogP) is 1.56. The fourth-order valence-corrected chi connectivity index (χ4v) is 4.42. The zero-order chi connectivity index (χ0) is 15.6. The molecule has 0 radical (unpaired) electrons. The molecule has 0 aromatic heterocycles. The molecule has 21 heavy (non-hydrogen) atoms. The summed E-state index contributed by atoms with van der Waals surface area (Å²) in [7, 11) is -1.54. The lowest BCUT2D eigenvalue weighted by molar-refractivity contribution is 0.178. The van der Waals surface area contributed by atoms with E-state index in [0.29, 0.717) is 12.6 Å². The first-order valence-electron chi connectivity index (χ1n) is 7.04. The van der Waals surface area contributed by atoms with Crippen LogP contribution in [0.25, 0.3) is 0 Å². The Morgan fingerprint density at radius 2 is 2.19 bits per heavy atom. The first kappa shape index (κ1) is 16.7. The molecule has 5 nitrogen and oxygen atoms in total. The number of hydrogen-bond donors (Lipinski definition) is 2. The number of halogens is 1.